The maximum absolute atomic E-state index is 11.9. The first-order valence-electron chi connectivity index (χ1n) is 5.55. The first-order chi connectivity index (χ1) is 7.66. The molecule has 1 aromatic heterocycles. The molecule has 84 valence electrons. The first kappa shape index (κ1) is 11.3. The Morgan fingerprint density at radius 3 is 2.81 bits per heavy atom. The Kier molecular flexibility index (Phi) is 3.34. The molecule has 2 nitrogen and oxygen atoms in total. The number of thiazole rings is 1. The second-order valence-electron chi connectivity index (χ2n) is 4.34. The molecule has 2 rings (SSSR count). The zero-order valence-electron chi connectivity index (χ0n) is 9.56. The van der Waals surface area contributed by atoms with E-state index >= 15 is 0 Å². The normalized spacial score (nSPS) is 11.2. The maximum atomic E-state index is 11.9. The number of nitrogens with zero attached hydrogens (tertiary/aromatic N) is 1. The van der Waals surface area contributed by atoms with Crippen LogP contribution in [0.25, 0.3) is 10.2 Å². The molecule has 0 bridgehead atoms. The van der Waals surface area contributed by atoms with Crippen LogP contribution >= 0.6 is 11.3 Å². The van der Waals surface area contributed by atoms with Gasteiger partial charge in [-0.25, -0.2) is 4.98 Å². The van der Waals surface area contributed by atoms with Gasteiger partial charge in [-0.2, -0.15) is 0 Å². The van der Waals surface area contributed by atoms with Crippen LogP contribution in [0.2, 0.25) is 0 Å². The van der Waals surface area contributed by atoms with E-state index in [2.05, 4.69) is 18.8 Å². The highest BCUT2D eigenvalue weighted by atomic mass is 32.1. The highest BCUT2D eigenvalue weighted by Gasteiger charge is 2.12. The van der Waals surface area contributed by atoms with Crippen molar-refractivity contribution in [3.63, 3.8) is 0 Å². The molecular weight excluding hydrogens is 218 g/mol. The van der Waals surface area contributed by atoms with Crippen LogP contribution < -0.4 is 0 Å². The van der Waals surface area contributed by atoms with Crippen LogP contribution in [0.15, 0.2) is 24.3 Å². The SMILES string of the molecule is CC(C)CCC(=O)c1nc2ccccc2s1. The van der Waals surface area contributed by atoms with Crippen LogP contribution in [0.5, 0.6) is 0 Å². The highest BCUT2D eigenvalue weighted by molar-refractivity contribution is 7.20. The number of hydrogen-bond donors (Lipinski definition) is 0. The number of carbonyl (C=O) groups is 1. The predicted molar refractivity (Wildman–Crippen MR) is 68.0 cm³/mol. The molecule has 0 aliphatic rings. The van der Waals surface area contributed by atoms with E-state index in [1.807, 2.05) is 24.3 Å². The zero-order valence-corrected chi connectivity index (χ0v) is 10.4. The highest BCUT2D eigenvalue weighted by Crippen LogP contribution is 2.23. The third kappa shape index (κ3) is 2.47. The van der Waals surface area contributed by atoms with Gasteiger partial charge in [0.25, 0.3) is 0 Å². The molecule has 0 saturated heterocycles. The molecule has 0 fully saturated rings. The molecule has 0 atom stereocenters. The summed E-state index contributed by atoms with van der Waals surface area (Å²) < 4.78 is 1.09. The average Bonchev–Trinajstić information content (AvgIpc) is 2.69. The fourth-order valence-electron chi connectivity index (χ4n) is 1.52. The Balaban J connectivity index is 2.17. The summed E-state index contributed by atoms with van der Waals surface area (Å²) in [6, 6.07) is 7.88. The Labute approximate surface area is 99.3 Å². The predicted octanol–water partition coefficient (Wildman–Crippen LogP) is 3.92. The van der Waals surface area contributed by atoms with Gasteiger partial charge in [0.15, 0.2) is 10.8 Å². The van der Waals surface area contributed by atoms with E-state index in [0.29, 0.717) is 17.3 Å². The molecule has 0 spiro atoms. The summed E-state index contributed by atoms with van der Waals surface area (Å²) in [5.41, 5.74) is 0.931. The quantitative estimate of drug-likeness (QED) is 0.749. The third-order valence-corrected chi connectivity index (χ3v) is 3.56. The summed E-state index contributed by atoms with van der Waals surface area (Å²) >= 11 is 1.50. The van der Waals surface area contributed by atoms with Gasteiger partial charge in [0.1, 0.15) is 0 Å². The van der Waals surface area contributed by atoms with Crippen LogP contribution in [0, 0.1) is 5.92 Å². The smallest absolute Gasteiger partial charge is 0.191 e. The zero-order chi connectivity index (χ0) is 11.5. The molecule has 0 unspecified atom stereocenters. The maximum Gasteiger partial charge on any atom is 0.191 e. The minimum atomic E-state index is 0.176. The van der Waals surface area contributed by atoms with Crippen molar-refractivity contribution in [3.8, 4) is 0 Å². The van der Waals surface area contributed by atoms with Gasteiger partial charge in [-0.3, -0.25) is 4.79 Å². The van der Waals surface area contributed by atoms with E-state index in [1.54, 1.807) is 0 Å². The second-order valence-corrected chi connectivity index (χ2v) is 5.37. The number of ketones is 1. The van der Waals surface area contributed by atoms with Crippen molar-refractivity contribution in [3.05, 3.63) is 29.3 Å². The Hall–Kier alpha value is -1.22. The van der Waals surface area contributed by atoms with Gasteiger partial charge in [0.05, 0.1) is 10.2 Å². The van der Waals surface area contributed by atoms with Crippen molar-refractivity contribution in [1.82, 2.24) is 4.98 Å². The van der Waals surface area contributed by atoms with Crippen LogP contribution in [-0.4, -0.2) is 10.8 Å². The molecule has 0 aliphatic heterocycles. The summed E-state index contributed by atoms with van der Waals surface area (Å²) in [5.74, 6) is 0.744. The van der Waals surface area contributed by atoms with E-state index in [1.165, 1.54) is 11.3 Å². The number of Topliss-reactive ketones (excluding diaryl/α,β-unsaturated/α-hetero) is 1. The van der Waals surface area contributed by atoms with Crippen LogP contribution in [0.4, 0.5) is 0 Å². The van der Waals surface area contributed by atoms with Crippen molar-refractivity contribution >= 4 is 27.3 Å². The molecule has 2 aromatic rings. The second kappa shape index (κ2) is 4.74. The molecule has 0 N–H and O–H groups in total. The van der Waals surface area contributed by atoms with E-state index in [0.717, 1.165) is 16.6 Å². The number of fused-ring (bicyclic) bond motifs is 1. The van der Waals surface area contributed by atoms with Crippen LogP contribution in [0.1, 0.15) is 36.5 Å². The molecule has 3 heteroatoms. The Morgan fingerprint density at radius 2 is 2.12 bits per heavy atom. The molecule has 0 radical (unpaired) electrons. The molecule has 0 aliphatic carbocycles. The average molecular weight is 233 g/mol. The number of para-hydroxylation sites is 1. The lowest BCUT2D eigenvalue weighted by Gasteiger charge is -2.00. The van der Waals surface area contributed by atoms with E-state index in [9.17, 15) is 4.79 Å². The lowest BCUT2D eigenvalue weighted by molar-refractivity contribution is 0.0975. The number of hydrogen-bond acceptors (Lipinski definition) is 3. The van der Waals surface area contributed by atoms with Crippen molar-refractivity contribution < 1.29 is 4.79 Å². The summed E-state index contributed by atoms with van der Waals surface area (Å²) in [5, 5.41) is 0.654. The first-order valence-corrected chi connectivity index (χ1v) is 6.37. The standard InChI is InChI=1S/C13H15NOS/c1-9(2)7-8-11(15)13-14-10-5-3-4-6-12(10)16-13/h3-6,9H,7-8H2,1-2H3. The molecule has 0 amide bonds. The monoisotopic (exact) mass is 233 g/mol. The van der Waals surface area contributed by atoms with E-state index in [-0.39, 0.29) is 5.78 Å². The van der Waals surface area contributed by atoms with E-state index in [4.69, 9.17) is 0 Å². The minimum absolute atomic E-state index is 0.176. The van der Waals surface area contributed by atoms with Gasteiger partial charge in [0, 0.05) is 6.42 Å². The number of carbonyl (C=O) groups excluding carboxylic acids is 1. The molecule has 16 heavy (non-hydrogen) atoms. The lowest BCUT2D eigenvalue weighted by atomic mass is 10.1. The van der Waals surface area contributed by atoms with Crippen molar-refractivity contribution in [2.45, 2.75) is 26.7 Å². The van der Waals surface area contributed by atoms with Gasteiger partial charge in [0.2, 0.25) is 0 Å². The largest absolute Gasteiger partial charge is 0.292 e. The Bertz CT molecular complexity index is 468. The van der Waals surface area contributed by atoms with Crippen molar-refractivity contribution in [2.75, 3.05) is 0 Å². The van der Waals surface area contributed by atoms with Gasteiger partial charge < -0.3 is 0 Å². The van der Waals surface area contributed by atoms with Gasteiger partial charge >= 0.3 is 0 Å². The topological polar surface area (TPSA) is 30.0 Å². The summed E-state index contributed by atoms with van der Waals surface area (Å²) in [6.07, 6.45) is 1.55. The van der Waals surface area contributed by atoms with Crippen LogP contribution in [-0.2, 0) is 0 Å². The number of rotatable bonds is 4. The number of aromatic nitrogens is 1. The van der Waals surface area contributed by atoms with Gasteiger partial charge in [-0.15, -0.1) is 11.3 Å². The summed E-state index contributed by atoms with van der Waals surface area (Å²) in [4.78, 5) is 16.2. The summed E-state index contributed by atoms with van der Waals surface area (Å²) in [7, 11) is 0. The fraction of sp³-hybridized carbons (Fsp3) is 0.385. The summed E-state index contributed by atoms with van der Waals surface area (Å²) in [6.45, 7) is 4.26. The third-order valence-electron chi connectivity index (χ3n) is 2.48. The molecule has 1 heterocycles. The fourth-order valence-corrected chi connectivity index (χ4v) is 2.45. The molecule has 1 aromatic carbocycles. The van der Waals surface area contributed by atoms with Gasteiger partial charge in [-0.05, 0) is 24.5 Å². The van der Waals surface area contributed by atoms with Gasteiger partial charge in [-0.1, -0.05) is 26.0 Å². The minimum Gasteiger partial charge on any atom is -0.292 e. The Morgan fingerprint density at radius 1 is 1.38 bits per heavy atom. The molecule has 0 saturated carbocycles. The number of benzene rings is 1. The lowest BCUT2D eigenvalue weighted by Crippen LogP contribution is -2.00. The van der Waals surface area contributed by atoms with E-state index < -0.39 is 0 Å². The van der Waals surface area contributed by atoms with Crippen molar-refractivity contribution in [1.29, 1.82) is 0 Å². The molecular formula is C13H15NOS. The van der Waals surface area contributed by atoms with Crippen LogP contribution in [0.3, 0.4) is 0 Å². The van der Waals surface area contributed by atoms with Crippen molar-refractivity contribution in [2.24, 2.45) is 5.92 Å².